The van der Waals surface area contributed by atoms with Crippen LogP contribution in [0.5, 0.6) is 34.5 Å². The Labute approximate surface area is 184 Å². The fourth-order valence-corrected chi connectivity index (χ4v) is 3.15. The molecule has 4 aromatic rings. The largest absolute Gasteiger partial charge is 0.506 e. The van der Waals surface area contributed by atoms with Gasteiger partial charge in [0.05, 0.1) is 22.5 Å². The highest BCUT2D eigenvalue weighted by Crippen LogP contribution is 2.36. The predicted molar refractivity (Wildman–Crippen MR) is 125 cm³/mol. The van der Waals surface area contributed by atoms with E-state index in [4.69, 9.17) is 33.8 Å². The van der Waals surface area contributed by atoms with Gasteiger partial charge >= 0.3 is 0 Å². The number of nitrogen functional groups attached to an aromatic ring is 2. The van der Waals surface area contributed by atoms with Gasteiger partial charge in [0.1, 0.15) is 34.5 Å². The lowest BCUT2D eigenvalue weighted by Gasteiger charge is -2.13. The third kappa shape index (κ3) is 3.89. The molecule has 32 heavy (non-hydrogen) atoms. The van der Waals surface area contributed by atoms with Crippen LogP contribution < -0.4 is 20.9 Å². The molecule has 0 fully saturated rings. The molecule has 0 spiro atoms. The van der Waals surface area contributed by atoms with Crippen LogP contribution in [0.2, 0.25) is 0 Å². The second-order valence-electron chi connectivity index (χ2n) is 6.98. The maximum absolute atomic E-state index is 9.61. The third-order valence-electron chi connectivity index (χ3n) is 4.80. The van der Waals surface area contributed by atoms with Crippen molar-refractivity contribution in [3.05, 3.63) is 71.8 Å². The maximum atomic E-state index is 9.61. The third-order valence-corrected chi connectivity index (χ3v) is 4.80. The van der Waals surface area contributed by atoms with Crippen LogP contribution in [0.3, 0.4) is 0 Å². The number of phenols is 2. The van der Waals surface area contributed by atoms with Crippen LogP contribution in [0.25, 0.3) is 10.8 Å². The van der Waals surface area contributed by atoms with Gasteiger partial charge < -0.3 is 31.2 Å². The highest BCUT2D eigenvalue weighted by Gasteiger charge is 2.12. The summed E-state index contributed by atoms with van der Waals surface area (Å²) in [6, 6.07) is 16.2. The highest BCUT2D eigenvalue weighted by molar-refractivity contribution is 5.89. The molecule has 0 amide bonds. The zero-order valence-corrected chi connectivity index (χ0v) is 16.8. The van der Waals surface area contributed by atoms with Crippen molar-refractivity contribution >= 4 is 22.1 Å². The van der Waals surface area contributed by atoms with E-state index in [1.165, 1.54) is 24.3 Å². The molecule has 0 radical (unpaired) electrons. The van der Waals surface area contributed by atoms with Crippen LogP contribution in [0, 0.1) is 24.7 Å². The van der Waals surface area contributed by atoms with Crippen molar-refractivity contribution < 1.29 is 19.7 Å². The standard InChI is InChI=1S/C26H18N2O4/c1-3-15-9-17-12-26(32-20-6-8-24(30)22(28)14-20)16(4-2)10-18(17)11-25(15)31-19-5-7-23(29)21(27)13-19/h1-2,5-14,29-30H,27-28H2. The Balaban J connectivity index is 1.76. The molecule has 6 N–H and O–H groups in total. The summed E-state index contributed by atoms with van der Waals surface area (Å²) in [5, 5.41) is 20.8. The predicted octanol–water partition coefficient (Wildman–Crippen LogP) is 4.96. The van der Waals surface area contributed by atoms with E-state index in [1.807, 2.05) is 0 Å². The molecule has 4 aromatic carbocycles. The quantitative estimate of drug-likeness (QED) is 0.210. The minimum atomic E-state index is -0.0328. The molecule has 0 atom stereocenters. The highest BCUT2D eigenvalue weighted by atomic mass is 16.5. The molecule has 0 aliphatic rings. The Morgan fingerprint density at radius 1 is 0.625 bits per heavy atom. The molecular formula is C26H18N2O4. The number of terminal acetylenes is 2. The smallest absolute Gasteiger partial charge is 0.143 e. The van der Waals surface area contributed by atoms with Crippen LogP contribution in [0.1, 0.15) is 11.1 Å². The number of anilines is 2. The number of fused-ring (bicyclic) bond motifs is 1. The van der Waals surface area contributed by atoms with Crippen molar-refractivity contribution in [2.45, 2.75) is 0 Å². The fraction of sp³-hybridized carbons (Fsp3) is 0. The summed E-state index contributed by atoms with van der Waals surface area (Å²) in [7, 11) is 0. The second-order valence-corrected chi connectivity index (χ2v) is 6.98. The van der Waals surface area contributed by atoms with Crippen molar-refractivity contribution in [3.8, 4) is 59.2 Å². The van der Waals surface area contributed by atoms with Crippen LogP contribution in [-0.2, 0) is 0 Å². The minimum absolute atomic E-state index is 0.0328. The molecule has 0 bridgehead atoms. The van der Waals surface area contributed by atoms with Crippen LogP contribution in [-0.4, -0.2) is 10.2 Å². The average molecular weight is 422 g/mol. The lowest BCUT2D eigenvalue weighted by molar-refractivity contribution is 0.466. The van der Waals surface area contributed by atoms with Crippen LogP contribution in [0.4, 0.5) is 11.4 Å². The number of hydrogen-bond donors (Lipinski definition) is 4. The molecule has 0 aliphatic heterocycles. The molecular weight excluding hydrogens is 404 g/mol. The van der Waals surface area contributed by atoms with Gasteiger partial charge in [-0.1, -0.05) is 11.8 Å². The number of benzene rings is 4. The molecule has 0 heterocycles. The van der Waals surface area contributed by atoms with Gasteiger partial charge in [-0.2, -0.15) is 0 Å². The van der Waals surface area contributed by atoms with E-state index in [9.17, 15) is 10.2 Å². The normalized spacial score (nSPS) is 10.3. The zero-order chi connectivity index (χ0) is 22.8. The lowest BCUT2D eigenvalue weighted by Crippen LogP contribution is -1.94. The second kappa shape index (κ2) is 8.06. The average Bonchev–Trinajstić information content (AvgIpc) is 2.78. The molecule has 6 heteroatoms. The Kier molecular flexibility index (Phi) is 5.12. The number of rotatable bonds is 4. The first-order chi connectivity index (χ1) is 15.4. The molecule has 6 nitrogen and oxygen atoms in total. The van der Waals surface area contributed by atoms with Gasteiger partial charge in [0, 0.05) is 12.1 Å². The van der Waals surface area contributed by atoms with E-state index >= 15 is 0 Å². The van der Waals surface area contributed by atoms with Crippen molar-refractivity contribution in [1.82, 2.24) is 0 Å². The monoisotopic (exact) mass is 422 g/mol. The molecule has 0 saturated heterocycles. The van der Waals surface area contributed by atoms with Crippen LogP contribution >= 0.6 is 0 Å². The Bertz CT molecular complexity index is 1330. The van der Waals surface area contributed by atoms with Crippen molar-refractivity contribution in [2.24, 2.45) is 0 Å². The number of aromatic hydroxyl groups is 2. The van der Waals surface area contributed by atoms with Gasteiger partial charge in [-0.15, -0.1) is 12.8 Å². The van der Waals surface area contributed by atoms with E-state index in [-0.39, 0.29) is 22.9 Å². The Morgan fingerprint density at radius 2 is 1.03 bits per heavy atom. The first-order valence-electron chi connectivity index (χ1n) is 9.45. The summed E-state index contributed by atoms with van der Waals surface area (Å²) in [4.78, 5) is 0. The topological polar surface area (TPSA) is 111 Å². The summed E-state index contributed by atoms with van der Waals surface area (Å²) in [6.45, 7) is 0. The molecule has 0 aromatic heterocycles. The first-order valence-corrected chi connectivity index (χ1v) is 9.45. The summed E-state index contributed by atoms with van der Waals surface area (Å²) in [5.74, 6) is 6.90. The van der Waals surface area contributed by atoms with E-state index in [0.29, 0.717) is 34.1 Å². The van der Waals surface area contributed by atoms with Gasteiger partial charge in [0.25, 0.3) is 0 Å². The minimum Gasteiger partial charge on any atom is -0.506 e. The number of ether oxygens (including phenoxy) is 2. The van der Waals surface area contributed by atoms with Gasteiger partial charge in [-0.25, -0.2) is 0 Å². The lowest BCUT2D eigenvalue weighted by atomic mass is 10.0. The van der Waals surface area contributed by atoms with Gasteiger partial charge in [-0.3, -0.25) is 0 Å². The van der Waals surface area contributed by atoms with Crippen LogP contribution in [0.15, 0.2) is 60.7 Å². The zero-order valence-electron chi connectivity index (χ0n) is 16.8. The van der Waals surface area contributed by atoms with Crippen molar-refractivity contribution in [2.75, 3.05) is 11.5 Å². The molecule has 156 valence electrons. The van der Waals surface area contributed by atoms with Crippen molar-refractivity contribution in [3.63, 3.8) is 0 Å². The molecule has 0 saturated carbocycles. The van der Waals surface area contributed by atoms with Crippen molar-refractivity contribution in [1.29, 1.82) is 0 Å². The van der Waals surface area contributed by atoms with E-state index < -0.39 is 0 Å². The molecule has 0 aliphatic carbocycles. The summed E-state index contributed by atoms with van der Waals surface area (Å²) >= 11 is 0. The number of hydrogen-bond acceptors (Lipinski definition) is 6. The summed E-state index contributed by atoms with van der Waals surface area (Å²) in [6.07, 6.45) is 11.4. The van der Waals surface area contributed by atoms with Gasteiger partial charge in [0.2, 0.25) is 0 Å². The number of phenolic OH excluding ortho intramolecular Hbond substituents is 2. The summed E-state index contributed by atoms with van der Waals surface area (Å²) < 4.78 is 11.8. The molecule has 4 rings (SSSR count). The van der Waals surface area contributed by atoms with E-state index in [0.717, 1.165) is 10.8 Å². The fourth-order valence-electron chi connectivity index (χ4n) is 3.15. The van der Waals surface area contributed by atoms with Gasteiger partial charge in [0.15, 0.2) is 0 Å². The van der Waals surface area contributed by atoms with E-state index in [2.05, 4.69) is 11.8 Å². The molecule has 0 unspecified atom stereocenters. The SMILES string of the molecule is C#Cc1cc2cc(Oc3ccc(O)c(N)c3)c(C#C)cc2cc1Oc1ccc(O)c(N)c1. The summed E-state index contributed by atoms with van der Waals surface area (Å²) in [5.41, 5.74) is 12.9. The first kappa shape index (κ1) is 20.3. The Hall–Kier alpha value is -4.94. The van der Waals surface area contributed by atoms with E-state index in [1.54, 1.807) is 36.4 Å². The van der Waals surface area contributed by atoms with Gasteiger partial charge in [-0.05, 0) is 59.3 Å². The number of nitrogens with two attached hydrogens (primary N) is 2. The maximum Gasteiger partial charge on any atom is 0.143 e. The Morgan fingerprint density at radius 3 is 1.38 bits per heavy atom.